The SMILES string of the molecule is Nc1c(-c2cc(F)c(F)c3[nH]ncc23)c2cc(Br)c3ncccc3c2[nH]c1=O. The minimum Gasteiger partial charge on any atom is -0.394 e. The van der Waals surface area contributed by atoms with E-state index in [1.54, 1.807) is 18.3 Å². The maximum Gasteiger partial charge on any atom is 0.272 e. The normalized spacial score (nSPS) is 11.7. The first-order valence-corrected chi connectivity index (χ1v) is 8.97. The molecule has 0 spiro atoms. The van der Waals surface area contributed by atoms with Crippen LogP contribution in [-0.2, 0) is 0 Å². The number of H-pyrrole nitrogens is 2. The molecular weight excluding hydrogens is 432 g/mol. The average Bonchev–Trinajstić information content (AvgIpc) is 3.18. The number of hydrogen-bond acceptors (Lipinski definition) is 4. The number of nitrogen functional groups attached to an aromatic ring is 1. The number of halogens is 3. The Labute approximate surface area is 163 Å². The summed E-state index contributed by atoms with van der Waals surface area (Å²) in [5, 5.41) is 7.84. The van der Waals surface area contributed by atoms with Gasteiger partial charge < -0.3 is 10.7 Å². The van der Waals surface area contributed by atoms with Gasteiger partial charge in [-0.15, -0.1) is 0 Å². The summed E-state index contributed by atoms with van der Waals surface area (Å²) in [6, 6.07) is 6.33. The van der Waals surface area contributed by atoms with Crippen LogP contribution in [0.3, 0.4) is 0 Å². The zero-order valence-corrected chi connectivity index (χ0v) is 15.6. The first-order valence-electron chi connectivity index (χ1n) is 8.17. The van der Waals surface area contributed by atoms with Gasteiger partial charge in [0, 0.05) is 32.4 Å². The molecule has 0 saturated heterocycles. The van der Waals surface area contributed by atoms with Gasteiger partial charge in [0.25, 0.3) is 5.56 Å². The number of aromatic amines is 2. The first kappa shape index (κ1) is 16.8. The van der Waals surface area contributed by atoms with E-state index in [1.165, 1.54) is 6.20 Å². The molecule has 0 bridgehead atoms. The van der Waals surface area contributed by atoms with E-state index in [1.807, 2.05) is 6.07 Å². The Bertz CT molecular complexity index is 1490. The summed E-state index contributed by atoms with van der Waals surface area (Å²) in [5.74, 6) is -2.11. The lowest BCUT2D eigenvalue weighted by atomic mass is 9.95. The number of aromatic nitrogens is 4. The molecule has 0 aliphatic rings. The molecule has 28 heavy (non-hydrogen) atoms. The largest absolute Gasteiger partial charge is 0.394 e. The highest BCUT2D eigenvalue weighted by Gasteiger charge is 2.21. The molecule has 5 rings (SSSR count). The van der Waals surface area contributed by atoms with Gasteiger partial charge in [-0.2, -0.15) is 5.10 Å². The van der Waals surface area contributed by atoms with Gasteiger partial charge in [-0.05, 0) is 45.8 Å². The lowest BCUT2D eigenvalue weighted by Gasteiger charge is -2.14. The summed E-state index contributed by atoms with van der Waals surface area (Å²) >= 11 is 3.49. The van der Waals surface area contributed by atoms with Gasteiger partial charge in [0.05, 0.1) is 17.2 Å². The summed E-state index contributed by atoms with van der Waals surface area (Å²) in [5.41, 5.74) is 7.10. The summed E-state index contributed by atoms with van der Waals surface area (Å²) in [7, 11) is 0. The fourth-order valence-corrected chi connectivity index (χ4v) is 4.07. The molecular formula is C19H10BrF2N5O. The number of nitrogens with zero attached hydrogens (tertiary/aromatic N) is 2. The molecule has 0 saturated carbocycles. The second kappa shape index (κ2) is 5.83. The second-order valence-electron chi connectivity index (χ2n) is 6.30. The lowest BCUT2D eigenvalue weighted by molar-refractivity contribution is 0.515. The summed E-state index contributed by atoms with van der Waals surface area (Å²) in [6.45, 7) is 0. The third-order valence-corrected chi connectivity index (χ3v) is 5.37. The second-order valence-corrected chi connectivity index (χ2v) is 7.16. The van der Waals surface area contributed by atoms with E-state index in [2.05, 4.69) is 36.1 Å². The molecule has 4 N–H and O–H groups in total. The Kier molecular flexibility index (Phi) is 3.50. The fourth-order valence-electron chi connectivity index (χ4n) is 3.52. The average molecular weight is 442 g/mol. The highest BCUT2D eigenvalue weighted by atomic mass is 79.9. The number of pyridine rings is 2. The molecule has 0 radical (unpaired) electrons. The third-order valence-electron chi connectivity index (χ3n) is 4.76. The Morgan fingerprint density at radius 3 is 2.75 bits per heavy atom. The highest BCUT2D eigenvalue weighted by Crippen LogP contribution is 2.40. The van der Waals surface area contributed by atoms with E-state index in [-0.39, 0.29) is 16.8 Å². The maximum atomic E-state index is 14.3. The quantitative estimate of drug-likeness (QED) is 0.338. The zero-order chi connectivity index (χ0) is 19.6. The fraction of sp³-hybridized carbons (Fsp3) is 0. The van der Waals surface area contributed by atoms with Crippen molar-refractivity contribution in [1.29, 1.82) is 0 Å². The number of hydrogen-bond donors (Lipinski definition) is 3. The zero-order valence-electron chi connectivity index (χ0n) is 14.0. The van der Waals surface area contributed by atoms with Crippen molar-refractivity contribution >= 4 is 54.3 Å². The molecule has 2 aromatic carbocycles. The first-order chi connectivity index (χ1) is 13.5. The van der Waals surface area contributed by atoms with Crippen molar-refractivity contribution in [2.75, 3.05) is 5.73 Å². The van der Waals surface area contributed by atoms with Crippen molar-refractivity contribution in [1.82, 2.24) is 20.2 Å². The van der Waals surface area contributed by atoms with Gasteiger partial charge in [-0.3, -0.25) is 14.9 Å². The number of rotatable bonds is 1. The van der Waals surface area contributed by atoms with Gasteiger partial charge >= 0.3 is 0 Å². The van der Waals surface area contributed by atoms with Crippen molar-refractivity contribution in [3.63, 3.8) is 0 Å². The van der Waals surface area contributed by atoms with E-state index in [9.17, 15) is 13.6 Å². The monoisotopic (exact) mass is 441 g/mol. The maximum absolute atomic E-state index is 14.3. The molecule has 138 valence electrons. The molecule has 9 heteroatoms. The van der Waals surface area contributed by atoms with E-state index in [0.717, 1.165) is 6.07 Å². The van der Waals surface area contributed by atoms with Gasteiger partial charge in [0.15, 0.2) is 11.6 Å². The van der Waals surface area contributed by atoms with E-state index in [4.69, 9.17) is 5.73 Å². The molecule has 3 aromatic heterocycles. The predicted molar refractivity (Wildman–Crippen MR) is 107 cm³/mol. The van der Waals surface area contributed by atoms with Gasteiger partial charge in [-0.1, -0.05) is 0 Å². The van der Waals surface area contributed by atoms with Crippen molar-refractivity contribution in [2.24, 2.45) is 0 Å². The molecule has 0 unspecified atom stereocenters. The van der Waals surface area contributed by atoms with Gasteiger partial charge in [-0.25, -0.2) is 8.78 Å². The van der Waals surface area contributed by atoms with E-state index < -0.39 is 17.2 Å². The van der Waals surface area contributed by atoms with Crippen LogP contribution in [0.25, 0.3) is 43.8 Å². The molecule has 0 aliphatic heterocycles. The van der Waals surface area contributed by atoms with Crippen LogP contribution in [-0.4, -0.2) is 20.2 Å². The predicted octanol–water partition coefficient (Wildman–Crippen LogP) is 4.24. The van der Waals surface area contributed by atoms with Crippen molar-refractivity contribution < 1.29 is 8.78 Å². The minimum absolute atomic E-state index is 0.0932. The molecule has 3 heterocycles. The van der Waals surface area contributed by atoms with Crippen LogP contribution in [0.2, 0.25) is 0 Å². The number of nitrogens with two attached hydrogens (primary N) is 1. The summed E-state index contributed by atoms with van der Waals surface area (Å²) in [6.07, 6.45) is 3.01. The topological polar surface area (TPSA) is 100 Å². The van der Waals surface area contributed by atoms with Crippen molar-refractivity contribution in [3.8, 4) is 11.1 Å². The van der Waals surface area contributed by atoms with Crippen LogP contribution >= 0.6 is 15.9 Å². The van der Waals surface area contributed by atoms with Crippen LogP contribution < -0.4 is 11.3 Å². The third kappa shape index (κ3) is 2.19. The molecule has 5 aromatic rings. The lowest BCUT2D eigenvalue weighted by Crippen LogP contribution is -2.14. The summed E-state index contributed by atoms with van der Waals surface area (Å²) in [4.78, 5) is 19.7. The Balaban J connectivity index is 2.04. The van der Waals surface area contributed by atoms with Crippen LogP contribution in [0.1, 0.15) is 0 Å². The number of benzene rings is 2. The van der Waals surface area contributed by atoms with Gasteiger partial charge in [0.2, 0.25) is 0 Å². The van der Waals surface area contributed by atoms with E-state index >= 15 is 0 Å². The van der Waals surface area contributed by atoms with Crippen molar-refractivity contribution in [2.45, 2.75) is 0 Å². The Hall–Kier alpha value is -3.33. The Morgan fingerprint density at radius 2 is 1.93 bits per heavy atom. The van der Waals surface area contributed by atoms with Crippen molar-refractivity contribution in [3.05, 3.63) is 63.1 Å². The number of anilines is 1. The molecule has 0 fully saturated rings. The van der Waals surface area contributed by atoms with E-state index in [0.29, 0.717) is 37.2 Å². The molecule has 6 nitrogen and oxygen atoms in total. The standard InChI is InChI=1S/C19H10BrF2N5O/c20-11-4-9-13(8-5-12(21)14(22)18-10(8)6-25-27-18)15(23)19(28)26-16(9)7-2-1-3-24-17(7)11/h1-6H,23H2,(H,25,27)(H,26,28). The molecule has 0 atom stereocenters. The van der Waals surface area contributed by atoms with Crippen LogP contribution in [0, 0.1) is 11.6 Å². The molecule has 0 amide bonds. The molecule has 0 aliphatic carbocycles. The van der Waals surface area contributed by atoms with Gasteiger partial charge in [0.1, 0.15) is 11.2 Å². The summed E-state index contributed by atoms with van der Waals surface area (Å²) < 4.78 is 29.1. The number of fused-ring (bicyclic) bond motifs is 4. The van der Waals surface area contributed by atoms with Crippen LogP contribution in [0.5, 0.6) is 0 Å². The number of nitrogens with one attached hydrogen (secondary N) is 2. The van der Waals surface area contributed by atoms with Crippen LogP contribution in [0.4, 0.5) is 14.5 Å². The minimum atomic E-state index is -1.07. The van der Waals surface area contributed by atoms with Crippen LogP contribution in [0.15, 0.2) is 45.9 Å². The Morgan fingerprint density at radius 1 is 1.11 bits per heavy atom. The highest BCUT2D eigenvalue weighted by molar-refractivity contribution is 9.10. The smallest absolute Gasteiger partial charge is 0.272 e.